The lowest BCUT2D eigenvalue weighted by Crippen LogP contribution is -2.17. The van der Waals surface area contributed by atoms with Gasteiger partial charge in [0.1, 0.15) is 0 Å². The Balaban J connectivity index is 1.80. The lowest BCUT2D eigenvalue weighted by molar-refractivity contribution is 0.319. The molecule has 2 rings (SSSR count). The van der Waals surface area contributed by atoms with E-state index in [-0.39, 0.29) is 0 Å². The molecule has 0 atom stereocenters. The second-order valence-corrected chi connectivity index (χ2v) is 6.00. The summed E-state index contributed by atoms with van der Waals surface area (Å²) in [5.74, 6) is 0. The first-order chi connectivity index (χ1) is 9.78. The maximum atomic E-state index is 3.36. The minimum absolute atomic E-state index is 1.00. The Morgan fingerprint density at radius 2 is 1.70 bits per heavy atom. The average molecular weight is 288 g/mol. The van der Waals surface area contributed by atoms with Crippen molar-refractivity contribution in [1.29, 1.82) is 0 Å². The van der Waals surface area contributed by atoms with Crippen LogP contribution in [0.1, 0.15) is 23.6 Å². The van der Waals surface area contributed by atoms with E-state index in [0.717, 1.165) is 32.6 Å². The molecule has 0 aliphatic rings. The third-order valence-electron chi connectivity index (χ3n) is 3.35. The monoisotopic (exact) mass is 288 g/mol. The van der Waals surface area contributed by atoms with Gasteiger partial charge in [-0.15, -0.1) is 0 Å². The van der Waals surface area contributed by atoms with Crippen LogP contribution in [0.25, 0.3) is 0 Å². The Hall–Kier alpha value is -1.16. The topological polar surface area (TPSA) is 15.3 Å². The third-order valence-corrected chi connectivity index (χ3v) is 4.08. The molecule has 0 amide bonds. The molecule has 3 heteroatoms. The van der Waals surface area contributed by atoms with Crippen molar-refractivity contribution >= 4 is 11.3 Å². The molecule has 0 fully saturated rings. The summed E-state index contributed by atoms with van der Waals surface area (Å²) in [4.78, 5) is 2.36. The number of rotatable bonds is 8. The summed E-state index contributed by atoms with van der Waals surface area (Å²) < 4.78 is 0. The minimum atomic E-state index is 1.00. The Bertz CT molecular complexity index is 476. The van der Waals surface area contributed by atoms with Crippen LogP contribution in [0.3, 0.4) is 0 Å². The summed E-state index contributed by atoms with van der Waals surface area (Å²) in [7, 11) is 2.18. The number of benzene rings is 1. The van der Waals surface area contributed by atoms with Crippen molar-refractivity contribution in [3.63, 3.8) is 0 Å². The second kappa shape index (κ2) is 8.20. The number of likely N-dealkylation sites (N-methyl/N-ethyl adjacent to an activating group) is 1. The molecule has 0 unspecified atom stereocenters. The predicted molar refractivity (Wildman–Crippen MR) is 88.2 cm³/mol. The molecule has 1 aromatic heterocycles. The molecule has 0 radical (unpaired) electrons. The lowest BCUT2D eigenvalue weighted by atomic mass is 10.1. The molecule has 2 aromatic rings. The van der Waals surface area contributed by atoms with Crippen LogP contribution < -0.4 is 5.32 Å². The van der Waals surface area contributed by atoms with Crippen molar-refractivity contribution in [1.82, 2.24) is 10.2 Å². The van der Waals surface area contributed by atoms with Gasteiger partial charge in [-0.2, -0.15) is 11.3 Å². The Morgan fingerprint density at radius 1 is 1.00 bits per heavy atom. The Morgan fingerprint density at radius 3 is 2.35 bits per heavy atom. The van der Waals surface area contributed by atoms with Gasteiger partial charge in [-0.25, -0.2) is 0 Å². The van der Waals surface area contributed by atoms with Gasteiger partial charge in [-0.05, 0) is 60.1 Å². The third kappa shape index (κ3) is 5.08. The van der Waals surface area contributed by atoms with Gasteiger partial charge in [0, 0.05) is 13.1 Å². The van der Waals surface area contributed by atoms with Crippen LogP contribution in [-0.2, 0) is 19.5 Å². The SMILES string of the molecule is CCNCCc1ccc(CN(C)Cc2ccsc2)cc1. The van der Waals surface area contributed by atoms with E-state index >= 15 is 0 Å². The molecular formula is C17H24N2S. The van der Waals surface area contributed by atoms with Crippen molar-refractivity contribution in [2.75, 3.05) is 20.1 Å². The molecule has 0 aliphatic carbocycles. The van der Waals surface area contributed by atoms with E-state index < -0.39 is 0 Å². The van der Waals surface area contributed by atoms with E-state index in [0.29, 0.717) is 0 Å². The standard InChI is InChI=1S/C17H24N2S/c1-3-18-10-8-15-4-6-16(7-5-15)12-19(2)13-17-9-11-20-14-17/h4-7,9,11,14,18H,3,8,10,12-13H2,1-2H3. The summed E-state index contributed by atoms with van der Waals surface area (Å²) in [6.07, 6.45) is 1.11. The first-order valence-electron chi connectivity index (χ1n) is 7.26. The van der Waals surface area contributed by atoms with Crippen molar-refractivity contribution in [2.24, 2.45) is 0 Å². The Labute approximate surface area is 126 Å². The van der Waals surface area contributed by atoms with Crippen LogP contribution >= 0.6 is 11.3 Å². The van der Waals surface area contributed by atoms with E-state index in [9.17, 15) is 0 Å². The molecule has 20 heavy (non-hydrogen) atoms. The van der Waals surface area contributed by atoms with Gasteiger partial charge in [0.05, 0.1) is 0 Å². The van der Waals surface area contributed by atoms with Crippen LogP contribution in [0.15, 0.2) is 41.1 Å². The van der Waals surface area contributed by atoms with Crippen molar-refractivity contribution < 1.29 is 0 Å². The summed E-state index contributed by atoms with van der Waals surface area (Å²) in [6, 6.07) is 11.2. The zero-order valence-electron chi connectivity index (χ0n) is 12.4. The maximum Gasteiger partial charge on any atom is 0.0242 e. The molecule has 0 spiro atoms. The summed E-state index contributed by atoms with van der Waals surface area (Å²) in [6.45, 7) is 6.28. The number of nitrogens with one attached hydrogen (secondary N) is 1. The van der Waals surface area contributed by atoms with Gasteiger partial charge in [0.15, 0.2) is 0 Å². The van der Waals surface area contributed by atoms with Crippen LogP contribution in [-0.4, -0.2) is 25.0 Å². The molecule has 2 nitrogen and oxygen atoms in total. The lowest BCUT2D eigenvalue weighted by Gasteiger charge is -2.16. The van der Waals surface area contributed by atoms with Crippen molar-refractivity contribution in [3.8, 4) is 0 Å². The van der Waals surface area contributed by atoms with Gasteiger partial charge >= 0.3 is 0 Å². The van der Waals surface area contributed by atoms with E-state index in [1.54, 1.807) is 11.3 Å². The first kappa shape index (κ1) is 15.2. The molecule has 0 saturated carbocycles. The normalized spacial score (nSPS) is 11.2. The summed E-state index contributed by atoms with van der Waals surface area (Å²) in [5, 5.41) is 7.72. The van der Waals surface area contributed by atoms with Crippen molar-refractivity contribution in [2.45, 2.75) is 26.4 Å². The zero-order valence-corrected chi connectivity index (χ0v) is 13.2. The second-order valence-electron chi connectivity index (χ2n) is 5.22. The average Bonchev–Trinajstić information content (AvgIpc) is 2.94. The van der Waals surface area contributed by atoms with Gasteiger partial charge in [-0.1, -0.05) is 31.2 Å². The highest BCUT2D eigenvalue weighted by molar-refractivity contribution is 7.07. The highest BCUT2D eigenvalue weighted by Crippen LogP contribution is 2.12. The van der Waals surface area contributed by atoms with E-state index in [1.165, 1.54) is 16.7 Å². The minimum Gasteiger partial charge on any atom is -0.317 e. The molecule has 108 valence electrons. The van der Waals surface area contributed by atoms with Crippen LogP contribution in [0.2, 0.25) is 0 Å². The number of hydrogen-bond acceptors (Lipinski definition) is 3. The number of hydrogen-bond donors (Lipinski definition) is 1. The summed E-state index contributed by atoms with van der Waals surface area (Å²) in [5.41, 5.74) is 4.20. The van der Waals surface area contributed by atoms with Crippen LogP contribution in [0, 0.1) is 0 Å². The van der Waals surface area contributed by atoms with E-state index in [4.69, 9.17) is 0 Å². The number of thiophene rings is 1. The molecule has 0 saturated heterocycles. The predicted octanol–water partition coefficient (Wildman–Crippen LogP) is 3.53. The van der Waals surface area contributed by atoms with Crippen LogP contribution in [0.5, 0.6) is 0 Å². The fourth-order valence-corrected chi connectivity index (χ4v) is 2.94. The van der Waals surface area contributed by atoms with Gasteiger partial charge in [0.2, 0.25) is 0 Å². The van der Waals surface area contributed by atoms with E-state index in [2.05, 4.69) is 65.3 Å². The Kier molecular flexibility index (Phi) is 6.25. The fraction of sp³-hybridized carbons (Fsp3) is 0.412. The fourth-order valence-electron chi connectivity index (χ4n) is 2.28. The highest BCUT2D eigenvalue weighted by Gasteiger charge is 2.02. The van der Waals surface area contributed by atoms with E-state index in [1.807, 2.05) is 0 Å². The number of nitrogens with zero attached hydrogens (tertiary/aromatic N) is 1. The quantitative estimate of drug-likeness (QED) is 0.748. The van der Waals surface area contributed by atoms with Gasteiger partial charge in [-0.3, -0.25) is 4.90 Å². The molecule has 0 aliphatic heterocycles. The van der Waals surface area contributed by atoms with Crippen molar-refractivity contribution in [3.05, 3.63) is 57.8 Å². The van der Waals surface area contributed by atoms with Gasteiger partial charge < -0.3 is 5.32 Å². The molecule has 0 bridgehead atoms. The van der Waals surface area contributed by atoms with Crippen LogP contribution in [0.4, 0.5) is 0 Å². The van der Waals surface area contributed by atoms with Gasteiger partial charge in [0.25, 0.3) is 0 Å². The molecule has 1 heterocycles. The first-order valence-corrected chi connectivity index (χ1v) is 8.20. The molecule has 1 N–H and O–H groups in total. The highest BCUT2D eigenvalue weighted by atomic mass is 32.1. The molecule has 1 aromatic carbocycles. The summed E-state index contributed by atoms with van der Waals surface area (Å²) >= 11 is 1.77. The zero-order chi connectivity index (χ0) is 14.2. The molecular weight excluding hydrogens is 264 g/mol. The largest absolute Gasteiger partial charge is 0.317 e. The maximum absolute atomic E-state index is 3.36. The smallest absolute Gasteiger partial charge is 0.0242 e.